The smallest absolute Gasteiger partial charge is 0.255 e. The molecule has 0 aliphatic carbocycles. The van der Waals surface area contributed by atoms with E-state index in [0.29, 0.717) is 11.4 Å². The number of carbonyl (C=O) groups excluding carboxylic acids is 1. The summed E-state index contributed by atoms with van der Waals surface area (Å²) in [6.07, 6.45) is 4.34. The van der Waals surface area contributed by atoms with Crippen LogP contribution >= 0.6 is 11.3 Å². The maximum Gasteiger partial charge on any atom is 0.255 e. The van der Waals surface area contributed by atoms with Gasteiger partial charge in [0.1, 0.15) is 17.0 Å². The Morgan fingerprint density at radius 1 is 1.17 bits per heavy atom. The standard InChI is InChI=1S/C19H16F2N6OS/c20-19(21)4-7-26(8-5-19)18(28)13-9-12-3-6-27(17(12)22-10-13)15-2-1-14(29-15)16-23-11-24-25-16/h1-3,6,9-11H,4-5,7-8H2,(H,23,24,25). The van der Waals surface area contributed by atoms with Crippen molar-refractivity contribution in [3.8, 4) is 15.7 Å². The molecule has 1 fully saturated rings. The van der Waals surface area contributed by atoms with Gasteiger partial charge >= 0.3 is 0 Å². The minimum atomic E-state index is -2.68. The number of fused-ring (bicyclic) bond motifs is 1. The Morgan fingerprint density at radius 2 is 2.00 bits per heavy atom. The van der Waals surface area contributed by atoms with Crippen molar-refractivity contribution in [3.05, 3.63) is 48.5 Å². The zero-order valence-electron chi connectivity index (χ0n) is 15.2. The molecule has 1 aliphatic rings. The predicted molar refractivity (Wildman–Crippen MR) is 104 cm³/mol. The Balaban J connectivity index is 1.41. The molecule has 5 rings (SSSR count). The van der Waals surface area contributed by atoms with Gasteiger partial charge in [0, 0.05) is 43.7 Å². The zero-order valence-corrected chi connectivity index (χ0v) is 16.0. The minimum absolute atomic E-state index is 0.0596. The number of halogens is 2. The van der Waals surface area contributed by atoms with Gasteiger partial charge in [-0.25, -0.2) is 18.7 Å². The van der Waals surface area contributed by atoms with Gasteiger partial charge in [0.2, 0.25) is 0 Å². The van der Waals surface area contributed by atoms with Gasteiger partial charge in [-0.05, 0) is 24.3 Å². The van der Waals surface area contributed by atoms with Gasteiger partial charge in [0.25, 0.3) is 11.8 Å². The number of alkyl halides is 2. The number of rotatable bonds is 3. The molecule has 0 bridgehead atoms. The van der Waals surface area contributed by atoms with Crippen LogP contribution in [0.3, 0.4) is 0 Å². The SMILES string of the molecule is O=C(c1cnc2c(ccn2-c2ccc(-c3nc[nH]n3)s2)c1)N1CCC(F)(F)CC1. The van der Waals surface area contributed by atoms with E-state index in [-0.39, 0.29) is 31.8 Å². The second-order valence-electron chi connectivity index (χ2n) is 6.93. The number of likely N-dealkylation sites (tertiary alicyclic amines) is 1. The number of H-pyrrole nitrogens is 1. The number of hydrogen-bond acceptors (Lipinski definition) is 5. The van der Waals surface area contributed by atoms with Crippen LogP contribution < -0.4 is 0 Å². The quantitative estimate of drug-likeness (QED) is 0.554. The molecule has 0 spiro atoms. The monoisotopic (exact) mass is 414 g/mol. The molecular weight excluding hydrogens is 398 g/mol. The molecule has 4 aromatic rings. The van der Waals surface area contributed by atoms with Gasteiger partial charge < -0.3 is 4.90 Å². The fourth-order valence-electron chi connectivity index (χ4n) is 3.44. The number of amides is 1. The van der Waals surface area contributed by atoms with Crippen molar-refractivity contribution in [2.45, 2.75) is 18.8 Å². The summed E-state index contributed by atoms with van der Waals surface area (Å²) < 4.78 is 28.6. The first kappa shape index (κ1) is 17.9. The molecule has 29 heavy (non-hydrogen) atoms. The third kappa shape index (κ3) is 3.29. The summed E-state index contributed by atoms with van der Waals surface area (Å²) in [6, 6.07) is 7.55. The van der Waals surface area contributed by atoms with E-state index in [9.17, 15) is 13.6 Å². The van der Waals surface area contributed by atoms with Gasteiger partial charge in [-0.3, -0.25) is 14.5 Å². The number of nitrogens with one attached hydrogen (secondary N) is 1. The molecule has 10 heteroatoms. The molecule has 1 saturated heterocycles. The van der Waals surface area contributed by atoms with E-state index in [4.69, 9.17) is 0 Å². The van der Waals surface area contributed by atoms with E-state index in [1.807, 2.05) is 29.0 Å². The van der Waals surface area contributed by atoms with Crippen LogP contribution in [0.4, 0.5) is 8.78 Å². The maximum atomic E-state index is 13.3. The first-order valence-corrected chi connectivity index (χ1v) is 9.92. The number of carbonyl (C=O) groups is 1. The van der Waals surface area contributed by atoms with Crippen molar-refractivity contribution in [2.75, 3.05) is 13.1 Å². The summed E-state index contributed by atoms with van der Waals surface area (Å²) in [6.45, 7) is 0.119. The molecule has 4 aromatic heterocycles. The average molecular weight is 414 g/mol. The predicted octanol–water partition coefficient (Wildman–Crippen LogP) is 3.74. The molecule has 7 nitrogen and oxygen atoms in total. The van der Waals surface area contributed by atoms with Crippen LogP contribution in [-0.2, 0) is 0 Å². The normalized spacial score (nSPS) is 16.4. The Bertz CT molecular complexity index is 1170. The molecular formula is C19H16F2N6OS. The molecule has 148 valence electrons. The number of thiophene rings is 1. The molecule has 0 atom stereocenters. The second-order valence-corrected chi connectivity index (χ2v) is 7.99. The number of nitrogens with zero attached hydrogens (tertiary/aromatic N) is 5. The fraction of sp³-hybridized carbons (Fsp3) is 0.263. The molecule has 0 aromatic carbocycles. The molecule has 1 aliphatic heterocycles. The summed E-state index contributed by atoms with van der Waals surface area (Å²) in [4.78, 5) is 23.7. The number of piperidine rings is 1. The summed E-state index contributed by atoms with van der Waals surface area (Å²) in [5.41, 5.74) is 1.13. The molecule has 0 saturated carbocycles. The summed E-state index contributed by atoms with van der Waals surface area (Å²) in [5.74, 6) is -2.31. The summed E-state index contributed by atoms with van der Waals surface area (Å²) in [5, 5.41) is 8.55. The Labute approximate surface area is 168 Å². The first-order chi connectivity index (χ1) is 14.0. The number of hydrogen-bond donors (Lipinski definition) is 1. The second kappa shape index (κ2) is 6.73. The van der Waals surface area contributed by atoms with E-state index in [2.05, 4.69) is 20.2 Å². The van der Waals surface area contributed by atoms with Crippen LogP contribution in [-0.4, -0.2) is 54.6 Å². The van der Waals surface area contributed by atoms with Gasteiger partial charge in [0.05, 0.1) is 10.4 Å². The van der Waals surface area contributed by atoms with E-state index in [1.165, 1.54) is 28.8 Å². The lowest BCUT2D eigenvalue weighted by atomic mass is 10.1. The zero-order chi connectivity index (χ0) is 20.0. The lowest BCUT2D eigenvalue weighted by Crippen LogP contribution is -2.42. The van der Waals surface area contributed by atoms with Crippen molar-refractivity contribution < 1.29 is 13.6 Å². The van der Waals surface area contributed by atoms with Crippen LogP contribution in [0.5, 0.6) is 0 Å². The van der Waals surface area contributed by atoms with Crippen molar-refractivity contribution in [2.24, 2.45) is 0 Å². The third-order valence-corrected chi connectivity index (χ3v) is 6.10. The number of aromatic amines is 1. The maximum absolute atomic E-state index is 13.3. The number of aromatic nitrogens is 5. The number of pyridine rings is 1. The highest BCUT2D eigenvalue weighted by Crippen LogP contribution is 2.31. The first-order valence-electron chi connectivity index (χ1n) is 9.11. The van der Waals surface area contributed by atoms with Crippen LogP contribution in [0.2, 0.25) is 0 Å². The van der Waals surface area contributed by atoms with Gasteiger partial charge in [-0.15, -0.1) is 11.3 Å². The van der Waals surface area contributed by atoms with Crippen molar-refractivity contribution in [3.63, 3.8) is 0 Å². The minimum Gasteiger partial charge on any atom is -0.338 e. The molecule has 1 N–H and O–H groups in total. The van der Waals surface area contributed by atoms with E-state index in [0.717, 1.165) is 20.9 Å². The molecule has 1 amide bonds. The topological polar surface area (TPSA) is 79.7 Å². The van der Waals surface area contributed by atoms with E-state index in [1.54, 1.807) is 6.07 Å². The molecule has 0 unspecified atom stereocenters. The largest absolute Gasteiger partial charge is 0.338 e. The van der Waals surface area contributed by atoms with Crippen molar-refractivity contribution >= 4 is 28.3 Å². The van der Waals surface area contributed by atoms with Crippen LogP contribution in [0.25, 0.3) is 26.7 Å². The van der Waals surface area contributed by atoms with Crippen molar-refractivity contribution in [1.29, 1.82) is 0 Å². The summed E-state index contributed by atoms with van der Waals surface area (Å²) in [7, 11) is 0. The fourth-order valence-corrected chi connectivity index (χ4v) is 4.38. The van der Waals surface area contributed by atoms with Crippen LogP contribution in [0.1, 0.15) is 23.2 Å². The highest BCUT2D eigenvalue weighted by molar-refractivity contribution is 7.17. The van der Waals surface area contributed by atoms with Gasteiger partial charge in [-0.2, -0.15) is 5.10 Å². The van der Waals surface area contributed by atoms with Gasteiger partial charge in [-0.1, -0.05) is 0 Å². The molecule has 0 radical (unpaired) electrons. The lowest BCUT2D eigenvalue weighted by molar-refractivity contribution is -0.0494. The Kier molecular flexibility index (Phi) is 4.16. The summed E-state index contributed by atoms with van der Waals surface area (Å²) >= 11 is 1.53. The van der Waals surface area contributed by atoms with Crippen LogP contribution in [0, 0.1) is 0 Å². The Hall–Kier alpha value is -3.14. The highest BCUT2D eigenvalue weighted by Gasteiger charge is 2.35. The van der Waals surface area contributed by atoms with Gasteiger partial charge in [0.15, 0.2) is 5.82 Å². The third-order valence-electron chi connectivity index (χ3n) is 5.02. The molecule has 5 heterocycles. The Morgan fingerprint density at radius 3 is 2.76 bits per heavy atom. The lowest BCUT2D eigenvalue weighted by Gasteiger charge is -2.31. The van der Waals surface area contributed by atoms with E-state index < -0.39 is 5.92 Å². The van der Waals surface area contributed by atoms with Crippen LogP contribution in [0.15, 0.2) is 43.0 Å². The van der Waals surface area contributed by atoms with Crippen molar-refractivity contribution in [1.82, 2.24) is 29.6 Å². The highest BCUT2D eigenvalue weighted by atomic mass is 32.1. The average Bonchev–Trinajstić information content (AvgIpc) is 3.46. The van der Waals surface area contributed by atoms with E-state index >= 15 is 0 Å².